The number of guanidine groups is 1. The van der Waals surface area contributed by atoms with Gasteiger partial charge in [0.25, 0.3) is 0 Å². The Hall–Kier alpha value is -1.71. The van der Waals surface area contributed by atoms with Crippen molar-refractivity contribution in [2.45, 2.75) is 37.6 Å². The third-order valence-corrected chi connectivity index (χ3v) is 4.72. The topological polar surface area (TPSA) is 67.1 Å². The summed E-state index contributed by atoms with van der Waals surface area (Å²) in [5.74, 6) is 0.658. The van der Waals surface area contributed by atoms with Gasteiger partial charge in [-0.3, -0.25) is 4.99 Å². The van der Waals surface area contributed by atoms with E-state index in [0.29, 0.717) is 6.54 Å². The predicted octanol–water partition coefficient (Wildman–Crippen LogP) is 2.71. The number of nitrogens with one attached hydrogen (secondary N) is 2. The number of hydrogen-bond acceptors (Lipinski definition) is 3. The summed E-state index contributed by atoms with van der Waals surface area (Å²) in [4.78, 5) is 4.26. The summed E-state index contributed by atoms with van der Waals surface area (Å²) < 4.78 is 16.0. The fraction of sp³-hybridized carbons (Fsp3) is 0.500. The first-order chi connectivity index (χ1) is 12.2. The van der Waals surface area contributed by atoms with Crippen molar-refractivity contribution in [2.75, 3.05) is 20.1 Å². The lowest BCUT2D eigenvalue weighted by Gasteiger charge is -2.19. The summed E-state index contributed by atoms with van der Waals surface area (Å²) in [6, 6.07) is 7.08. The summed E-state index contributed by atoms with van der Waals surface area (Å²) >= 11 is 0. The van der Waals surface area contributed by atoms with Gasteiger partial charge < -0.3 is 15.2 Å². The zero-order chi connectivity index (χ0) is 17.5. The standard InChI is InChI=1S/C18H25FN6.HI/c1-20-17(21-10-4-5-11-25-13-23-24-14-25)22-12-18(8-9-18)15-6-2-3-7-16(15)19;/h2-3,6-7,13-14H,4-5,8-12H2,1H3,(H2,20,21,22);1H. The van der Waals surface area contributed by atoms with Crippen molar-refractivity contribution in [3.8, 4) is 0 Å². The largest absolute Gasteiger partial charge is 0.356 e. The number of aromatic nitrogens is 3. The lowest BCUT2D eigenvalue weighted by Crippen LogP contribution is -2.41. The van der Waals surface area contributed by atoms with Crippen LogP contribution < -0.4 is 10.6 Å². The molecule has 3 rings (SSSR count). The Labute approximate surface area is 170 Å². The smallest absolute Gasteiger partial charge is 0.191 e. The lowest BCUT2D eigenvalue weighted by atomic mass is 9.95. The summed E-state index contributed by atoms with van der Waals surface area (Å²) in [6.07, 6.45) is 7.55. The molecule has 2 N–H and O–H groups in total. The molecule has 0 saturated heterocycles. The molecular weight excluding hydrogens is 446 g/mol. The predicted molar refractivity (Wildman–Crippen MR) is 111 cm³/mol. The number of aryl methyl sites for hydroxylation is 1. The molecular formula is C18H26FIN6. The highest BCUT2D eigenvalue weighted by molar-refractivity contribution is 14.0. The fourth-order valence-electron chi connectivity index (χ4n) is 3.02. The Morgan fingerprint density at radius 2 is 1.92 bits per heavy atom. The summed E-state index contributed by atoms with van der Waals surface area (Å²) in [5.41, 5.74) is 0.726. The highest BCUT2D eigenvalue weighted by Crippen LogP contribution is 2.48. The second-order valence-electron chi connectivity index (χ2n) is 6.52. The van der Waals surface area contributed by atoms with Crippen LogP contribution in [0.25, 0.3) is 0 Å². The molecule has 26 heavy (non-hydrogen) atoms. The molecule has 6 nitrogen and oxygen atoms in total. The van der Waals surface area contributed by atoms with E-state index in [1.807, 2.05) is 16.7 Å². The minimum Gasteiger partial charge on any atom is -0.356 e. The van der Waals surface area contributed by atoms with Gasteiger partial charge >= 0.3 is 0 Å². The van der Waals surface area contributed by atoms with Crippen LogP contribution in [0.1, 0.15) is 31.2 Å². The quantitative estimate of drug-likeness (QED) is 0.269. The molecule has 1 saturated carbocycles. The van der Waals surface area contributed by atoms with Crippen LogP contribution in [0.4, 0.5) is 4.39 Å². The average molecular weight is 472 g/mol. The fourth-order valence-corrected chi connectivity index (χ4v) is 3.02. The zero-order valence-corrected chi connectivity index (χ0v) is 17.3. The second-order valence-corrected chi connectivity index (χ2v) is 6.52. The normalized spacial score (nSPS) is 15.2. The van der Waals surface area contributed by atoms with Crippen LogP contribution in [-0.2, 0) is 12.0 Å². The van der Waals surface area contributed by atoms with Crippen LogP contribution in [0.15, 0.2) is 41.9 Å². The molecule has 1 aromatic carbocycles. The van der Waals surface area contributed by atoms with Gasteiger partial charge in [0.05, 0.1) is 0 Å². The van der Waals surface area contributed by atoms with E-state index in [-0.39, 0.29) is 35.2 Å². The van der Waals surface area contributed by atoms with Crippen LogP contribution >= 0.6 is 24.0 Å². The van der Waals surface area contributed by atoms with E-state index in [4.69, 9.17) is 0 Å². The highest BCUT2D eigenvalue weighted by atomic mass is 127. The van der Waals surface area contributed by atoms with Crippen molar-refractivity contribution < 1.29 is 4.39 Å². The van der Waals surface area contributed by atoms with E-state index in [2.05, 4.69) is 25.8 Å². The number of unbranched alkanes of at least 4 members (excludes halogenated alkanes) is 1. The molecule has 0 amide bonds. The van der Waals surface area contributed by atoms with E-state index in [9.17, 15) is 4.39 Å². The molecule has 1 aliphatic rings. The minimum atomic E-state index is -0.112. The Kier molecular flexibility index (Phi) is 7.80. The number of rotatable bonds is 8. The number of nitrogens with zero attached hydrogens (tertiary/aromatic N) is 4. The Morgan fingerprint density at radius 3 is 2.58 bits per heavy atom. The molecule has 142 valence electrons. The molecule has 1 heterocycles. The average Bonchev–Trinajstić information content (AvgIpc) is 3.23. The maximum atomic E-state index is 14.1. The number of benzene rings is 1. The number of halogens is 2. The maximum absolute atomic E-state index is 14.1. The first kappa shape index (κ1) is 20.6. The van der Waals surface area contributed by atoms with E-state index >= 15 is 0 Å². The van der Waals surface area contributed by atoms with Gasteiger partial charge in [0.2, 0.25) is 0 Å². The van der Waals surface area contributed by atoms with Crippen LogP contribution in [0.5, 0.6) is 0 Å². The van der Waals surface area contributed by atoms with Gasteiger partial charge in [-0.05, 0) is 37.3 Å². The van der Waals surface area contributed by atoms with E-state index in [1.54, 1.807) is 25.8 Å². The van der Waals surface area contributed by atoms with Crippen LogP contribution in [-0.4, -0.2) is 40.9 Å². The Bertz CT molecular complexity index is 699. The molecule has 0 bridgehead atoms. The molecule has 1 fully saturated rings. The van der Waals surface area contributed by atoms with Gasteiger partial charge in [0, 0.05) is 32.1 Å². The number of hydrogen-bond donors (Lipinski definition) is 2. The molecule has 1 aromatic heterocycles. The van der Waals surface area contributed by atoms with Crippen molar-refractivity contribution in [3.63, 3.8) is 0 Å². The van der Waals surface area contributed by atoms with Gasteiger partial charge in [0.15, 0.2) is 5.96 Å². The van der Waals surface area contributed by atoms with Crippen molar-refractivity contribution in [2.24, 2.45) is 4.99 Å². The van der Waals surface area contributed by atoms with Gasteiger partial charge in [-0.25, -0.2) is 4.39 Å². The monoisotopic (exact) mass is 472 g/mol. The van der Waals surface area contributed by atoms with E-state index < -0.39 is 0 Å². The van der Waals surface area contributed by atoms with Gasteiger partial charge in [0.1, 0.15) is 18.5 Å². The molecule has 0 aliphatic heterocycles. The molecule has 0 unspecified atom stereocenters. The molecule has 0 radical (unpaired) electrons. The molecule has 0 atom stereocenters. The van der Waals surface area contributed by atoms with Gasteiger partial charge in [-0.1, -0.05) is 18.2 Å². The first-order valence-electron chi connectivity index (χ1n) is 8.75. The summed E-state index contributed by atoms with van der Waals surface area (Å²) in [6.45, 7) is 2.46. The first-order valence-corrected chi connectivity index (χ1v) is 8.75. The minimum absolute atomic E-state index is 0. The molecule has 1 aliphatic carbocycles. The van der Waals surface area contributed by atoms with E-state index in [1.165, 1.54) is 6.07 Å². The maximum Gasteiger partial charge on any atom is 0.191 e. The van der Waals surface area contributed by atoms with Crippen LogP contribution in [0, 0.1) is 5.82 Å². The zero-order valence-electron chi connectivity index (χ0n) is 15.0. The van der Waals surface area contributed by atoms with Gasteiger partial charge in [-0.15, -0.1) is 34.2 Å². The molecule has 2 aromatic rings. The Morgan fingerprint density at radius 1 is 1.19 bits per heavy atom. The summed E-state index contributed by atoms with van der Waals surface area (Å²) in [7, 11) is 1.76. The third-order valence-electron chi connectivity index (χ3n) is 4.72. The second kappa shape index (κ2) is 9.84. The lowest BCUT2D eigenvalue weighted by molar-refractivity contribution is 0.557. The highest BCUT2D eigenvalue weighted by Gasteiger charge is 2.45. The van der Waals surface area contributed by atoms with Crippen molar-refractivity contribution in [1.82, 2.24) is 25.4 Å². The van der Waals surface area contributed by atoms with Crippen LogP contribution in [0.2, 0.25) is 0 Å². The van der Waals surface area contributed by atoms with E-state index in [0.717, 1.165) is 50.3 Å². The van der Waals surface area contributed by atoms with Crippen LogP contribution in [0.3, 0.4) is 0 Å². The Balaban J connectivity index is 0.00000243. The van der Waals surface area contributed by atoms with Crippen molar-refractivity contribution in [3.05, 3.63) is 48.3 Å². The van der Waals surface area contributed by atoms with Crippen molar-refractivity contribution >= 4 is 29.9 Å². The molecule has 0 spiro atoms. The molecule has 8 heteroatoms. The van der Waals surface area contributed by atoms with Crippen molar-refractivity contribution in [1.29, 1.82) is 0 Å². The van der Waals surface area contributed by atoms with Gasteiger partial charge in [-0.2, -0.15) is 0 Å². The number of aliphatic imine (C=N–C) groups is 1. The third kappa shape index (κ3) is 5.39. The SMILES string of the molecule is CN=C(NCCCCn1cnnc1)NCC1(c2ccccc2F)CC1.I. The summed E-state index contributed by atoms with van der Waals surface area (Å²) in [5, 5.41) is 14.2.